The highest BCUT2D eigenvalue weighted by atomic mass is 16.5. The summed E-state index contributed by atoms with van der Waals surface area (Å²) in [5, 5.41) is 0. The summed E-state index contributed by atoms with van der Waals surface area (Å²) in [7, 11) is 0. The Balaban J connectivity index is 1.83. The van der Waals surface area contributed by atoms with E-state index in [2.05, 4.69) is 16.0 Å². The summed E-state index contributed by atoms with van der Waals surface area (Å²) >= 11 is 0. The van der Waals surface area contributed by atoms with Crippen LogP contribution in [0.15, 0.2) is 12.1 Å². The van der Waals surface area contributed by atoms with Gasteiger partial charge in [0.25, 0.3) is 0 Å². The Morgan fingerprint density at radius 3 is 2.94 bits per heavy atom. The molecule has 2 N–H and O–H groups in total. The summed E-state index contributed by atoms with van der Waals surface area (Å²) in [6.45, 7) is 5.03. The normalized spacial score (nSPS) is 24.8. The highest BCUT2D eigenvalue weighted by Gasteiger charge is 2.23. The van der Waals surface area contributed by atoms with Gasteiger partial charge in [-0.1, -0.05) is 6.07 Å². The van der Waals surface area contributed by atoms with E-state index in [9.17, 15) is 0 Å². The molecule has 1 unspecified atom stereocenters. The van der Waals surface area contributed by atoms with Gasteiger partial charge in [-0.05, 0) is 37.6 Å². The first-order chi connectivity index (χ1) is 8.33. The maximum Gasteiger partial charge on any atom is 0.123 e. The number of rotatable bonds is 3. The van der Waals surface area contributed by atoms with Crippen molar-refractivity contribution < 1.29 is 4.74 Å². The third-order valence-corrected chi connectivity index (χ3v) is 3.72. The fourth-order valence-corrected chi connectivity index (χ4v) is 2.56. The van der Waals surface area contributed by atoms with Crippen LogP contribution in [-0.2, 0) is 11.3 Å². The van der Waals surface area contributed by atoms with Crippen LogP contribution in [0, 0.1) is 0 Å². The lowest BCUT2D eigenvalue weighted by Crippen LogP contribution is -2.37. The number of ether oxygens (including phenoxy) is 1. The molecule has 4 nitrogen and oxygen atoms in total. The third kappa shape index (κ3) is 2.28. The first-order valence-corrected chi connectivity index (χ1v) is 6.38. The summed E-state index contributed by atoms with van der Waals surface area (Å²) in [4.78, 5) is 6.94. The van der Waals surface area contributed by atoms with E-state index in [0.29, 0.717) is 11.7 Å². The van der Waals surface area contributed by atoms with E-state index in [1.807, 2.05) is 6.07 Å². The van der Waals surface area contributed by atoms with Gasteiger partial charge >= 0.3 is 0 Å². The summed E-state index contributed by atoms with van der Waals surface area (Å²) in [5.74, 6) is 1.14. The van der Waals surface area contributed by atoms with Crippen molar-refractivity contribution in [1.29, 1.82) is 0 Å². The van der Waals surface area contributed by atoms with Crippen molar-refractivity contribution in [3.8, 4) is 0 Å². The van der Waals surface area contributed by atoms with Gasteiger partial charge in [-0.2, -0.15) is 0 Å². The average Bonchev–Trinajstić information content (AvgIpc) is 2.77. The van der Waals surface area contributed by atoms with Crippen LogP contribution in [0.4, 0.5) is 5.82 Å². The molecule has 1 aromatic rings. The number of nitrogens with two attached hydrogens (primary N) is 1. The van der Waals surface area contributed by atoms with Crippen LogP contribution in [0.5, 0.6) is 0 Å². The number of nitrogen functional groups attached to an aromatic ring is 1. The molecule has 2 aliphatic rings. The second kappa shape index (κ2) is 4.63. The Bertz CT molecular complexity index is 398. The number of hydrogen-bond acceptors (Lipinski definition) is 4. The number of nitrogens with zero attached hydrogens (tertiary/aromatic N) is 2. The van der Waals surface area contributed by atoms with E-state index >= 15 is 0 Å². The zero-order valence-electron chi connectivity index (χ0n) is 10.1. The Kier molecular flexibility index (Phi) is 2.99. The van der Waals surface area contributed by atoms with Crippen molar-refractivity contribution in [2.75, 3.05) is 32.0 Å². The molecule has 0 spiro atoms. The van der Waals surface area contributed by atoms with Crippen LogP contribution in [-0.4, -0.2) is 36.2 Å². The van der Waals surface area contributed by atoms with Crippen LogP contribution < -0.4 is 5.73 Å². The van der Waals surface area contributed by atoms with Gasteiger partial charge < -0.3 is 10.5 Å². The van der Waals surface area contributed by atoms with Crippen molar-refractivity contribution in [1.82, 2.24) is 9.88 Å². The van der Waals surface area contributed by atoms with Crippen LogP contribution in [0.2, 0.25) is 0 Å². The molecule has 0 amide bonds. The van der Waals surface area contributed by atoms with E-state index in [-0.39, 0.29) is 0 Å². The molecule has 0 saturated carbocycles. The zero-order chi connectivity index (χ0) is 11.7. The van der Waals surface area contributed by atoms with Gasteiger partial charge in [0.1, 0.15) is 5.82 Å². The number of pyridine rings is 1. The lowest BCUT2D eigenvalue weighted by molar-refractivity contribution is 0.169. The molecule has 17 heavy (non-hydrogen) atoms. The number of aromatic nitrogens is 1. The highest BCUT2D eigenvalue weighted by Crippen LogP contribution is 2.29. The van der Waals surface area contributed by atoms with Gasteiger partial charge in [-0.25, -0.2) is 4.98 Å². The summed E-state index contributed by atoms with van der Waals surface area (Å²) in [5.41, 5.74) is 8.29. The maximum atomic E-state index is 5.80. The zero-order valence-corrected chi connectivity index (χ0v) is 10.1. The van der Waals surface area contributed by atoms with Gasteiger partial charge in [0.15, 0.2) is 0 Å². The Hall–Kier alpha value is -1.13. The number of anilines is 1. The summed E-state index contributed by atoms with van der Waals surface area (Å²) < 4.78 is 5.47. The minimum absolute atomic E-state index is 0.513. The van der Waals surface area contributed by atoms with E-state index in [4.69, 9.17) is 10.5 Å². The standard InChI is InChI=1S/C13H19N3O/c14-13-3-2-11(10-4-7-17-9-10)12(15-13)8-16-5-1-6-16/h2-3,10H,1,4-9H2,(H2,14,15). The van der Waals surface area contributed by atoms with Crippen LogP contribution in [0.25, 0.3) is 0 Å². The second-order valence-electron chi connectivity index (χ2n) is 4.96. The molecule has 1 aromatic heterocycles. The fourth-order valence-electron chi connectivity index (χ4n) is 2.56. The average molecular weight is 233 g/mol. The van der Waals surface area contributed by atoms with Crippen LogP contribution in [0.3, 0.4) is 0 Å². The van der Waals surface area contributed by atoms with Gasteiger partial charge in [0, 0.05) is 19.1 Å². The van der Waals surface area contributed by atoms with Crippen molar-refractivity contribution >= 4 is 5.82 Å². The van der Waals surface area contributed by atoms with Crippen LogP contribution >= 0.6 is 0 Å². The second-order valence-corrected chi connectivity index (χ2v) is 4.96. The van der Waals surface area contributed by atoms with Gasteiger partial charge in [-0.15, -0.1) is 0 Å². The molecular formula is C13H19N3O. The topological polar surface area (TPSA) is 51.4 Å². The van der Waals surface area contributed by atoms with Gasteiger partial charge in [-0.3, -0.25) is 4.90 Å². The third-order valence-electron chi connectivity index (χ3n) is 3.72. The summed E-state index contributed by atoms with van der Waals surface area (Å²) in [6.07, 6.45) is 2.42. The monoisotopic (exact) mass is 233 g/mol. The smallest absolute Gasteiger partial charge is 0.123 e. The van der Waals surface area contributed by atoms with Crippen molar-refractivity contribution in [3.63, 3.8) is 0 Å². The minimum atomic E-state index is 0.513. The minimum Gasteiger partial charge on any atom is -0.384 e. The fraction of sp³-hybridized carbons (Fsp3) is 0.615. The van der Waals surface area contributed by atoms with Crippen molar-refractivity contribution in [2.45, 2.75) is 25.3 Å². The van der Waals surface area contributed by atoms with Gasteiger partial charge in [0.05, 0.1) is 12.3 Å². The molecule has 2 aliphatic heterocycles. The Morgan fingerprint density at radius 1 is 1.41 bits per heavy atom. The first-order valence-electron chi connectivity index (χ1n) is 6.38. The first kappa shape index (κ1) is 11.0. The molecular weight excluding hydrogens is 214 g/mol. The SMILES string of the molecule is Nc1ccc(C2CCOC2)c(CN2CCC2)n1. The molecule has 0 aliphatic carbocycles. The van der Waals surface area contributed by atoms with Crippen molar-refractivity contribution in [2.24, 2.45) is 0 Å². The Labute approximate surface area is 102 Å². The molecule has 92 valence electrons. The molecule has 1 atom stereocenters. The molecule has 4 heteroatoms. The molecule has 3 rings (SSSR count). The Morgan fingerprint density at radius 2 is 2.29 bits per heavy atom. The van der Waals surface area contributed by atoms with E-state index in [1.54, 1.807) is 0 Å². The predicted molar refractivity (Wildman–Crippen MR) is 66.7 cm³/mol. The summed E-state index contributed by atoms with van der Waals surface area (Å²) in [6, 6.07) is 4.05. The number of likely N-dealkylation sites (tertiary alicyclic amines) is 1. The number of hydrogen-bond donors (Lipinski definition) is 1. The molecule has 0 radical (unpaired) electrons. The largest absolute Gasteiger partial charge is 0.384 e. The maximum absolute atomic E-state index is 5.80. The van der Waals surface area contributed by atoms with Crippen molar-refractivity contribution in [3.05, 3.63) is 23.4 Å². The molecule has 3 heterocycles. The lowest BCUT2D eigenvalue weighted by atomic mass is 9.96. The lowest BCUT2D eigenvalue weighted by Gasteiger charge is -2.31. The predicted octanol–water partition coefficient (Wildman–Crippen LogP) is 1.37. The molecule has 0 bridgehead atoms. The quantitative estimate of drug-likeness (QED) is 0.856. The molecule has 2 fully saturated rings. The van der Waals surface area contributed by atoms with Crippen LogP contribution in [0.1, 0.15) is 30.0 Å². The van der Waals surface area contributed by atoms with Gasteiger partial charge in [0.2, 0.25) is 0 Å². The molecule has 2 saturated heterocycles. The molecule has 0 aromatic carbocycles. The highest BCUT2D eigenvalue weighted by molar-refractivity contribution is 5.36. The van der Waals surface area contributed by atoms with E-state index < -0.39 is 0 Å². The van der Waals surface area contributed by atoms with E-state index in [0.717, 1.165) is 31.9 Å². The van der Waals surface area contributed by atoms with E-state index in [1.165, 1.54) is 25.1 Å².